The molecule has 0 amide bonds. The van der Waals surface area contributed by atoms with Crippen LogP contribution in [0.4, 0.5) is 0 Å². The van der Waals surface area contributed by atoms with Crippen molar-refractivity contribution in [3.63, 3.8) is 0 Å². The van der Waals surface area contributed by atoms with Crippen molar-refractivity contribution in [1.82, 2.24) is 9.80 Å². The van der Waals surface area contributed by atoms with Gasteiger partial charge in [0.15, 0.2) is 0 Å². The largest absolute Gasteiger partial charge is 0.389 e. The van der Waals surface area contributed by atoms with Gasteiger partial charge in [-0.2, -0.15) is 0 Å². The first-order valence-electron chi connectivity index (χ1n) is 6.44. The van der Waals surface area contributed by atoms with Crippen molar-refractivity contribution in [1.29, 1.82) is 0 Å². The van der Waals surface area contributed by atoms with E-state index in [9.17, 15) is 5.11 Å². The molecule has 1 heterocycles. The Balaban J connectivity index is 1.82. The summed E-state index contributed by atoms with van der Waals surface area (Å²) in [6, 6.07) is 0. The summed E-state index contributed by atoms with van der Waals surface area (Å²) in [5.41, 5.74) is 0.775. The van der Waals surface area contributed by atoms with Crippen LogP contribution in [0.15, 0.2) is 23.9 Å². The molecule has 0 aromatic carbocycles. The average Bonchev–Trinajstić information content (AvgIpc) is 2.29. The molecule has 0 saturated carbocycles. The van der Waals surface area contributed by atoms with Gasteiger partial charge in [-0.25, -0.2) is 0 Å². The van der Waals surface area contributed by atoms with Crippen LogP contribution in [0.2, 0.25) is 0 Å². The van der Waals surface area contributed by atoms with Gasteiger partial charge in [0.2, 0.25) is 0 Å². The maximum Gasteiger partial charge on any atom is 0.0718 e. The van der Waals surface area contributed by atoms with E-state index >= 15 is 0 Å². The van der Waals surface area contributed by atoms with Crippen LogP contribution in [0.5, 0.6) is 0 Å². The van der Waals surface area contributed by atoms with E-state index in [1.807, 2.05) is 13.8 Å². The fraction of sp³-hybridized carbons (Fsp3) is 0.643. The molecule has 1 aliphatic heterocycles. The first kappa shape index (κ1) is 12.7. The maximum atomic E-state index is 9.80. The molecule has 0 bridgehead atoms. The molecule has 1 radical (unpaired) electrons. The van der Waals surface area contributed by atoms with E-state index in [1.165, 1.54) is 5.70 Å². The molecule has 3 nitrogen and oxygen atoms in total. The van der Waals surface area contributed by atoms with E-state index in [4.69, 9.17) is 0 Å². The Morgan fingerprint density at radius 2 is 1.94 bits per heavy atom. The van der Waals surface area contributed by atoms with Gasteiger partial charge in [0.25, 0.3) is 0 Å². The second-order valence-electron chi connectivity index (χ2n) is 5.54. The molecule has 0 atom stereocenters. The van der Waals surface area contributed by atoms with Gasteiger partial charge in [0, 0.05) is 38.4 Å². The Labute approximate surface area is 104 Å². The lowest BCUT2D eigenvalue weighted by Crippen LogP contribution is -2.49. The van der Waals surface area contributed by atoms with Crippen molar-refractivity contribution in [2.75, 3.05) is 32.7 Å². The molecule has 0 aromatic heterocycles. The highest BCUT2D eigenvalue weighted by molar-refractivity contribution is 5.25. The minimum Gasteiger partial charge on any atom is -0.389 e. The first-order chi connectivity index (χ1) is 8.04. The number of allylic oxidation sites excluding steroid dienone is 3. The Bertz CT molecular complexity index is 307. The standard InChI is InChI=1S/C14H23N2O/c1-14(2,17)12-15-8-10-16(11-9-15)13-6-4-3-5-7-13/h3-4,6-7,17H,5,8-12H2,1-2H3. The lowest BCUT2D eigenvalue weighted by atomic mass is 10.1. The van der Waals surface area contributed by atoms with Gasteiger partial charge in [0.1, 0.15) is 0 Å². The van der Waals surface area contributed by atoms with Gasteiger partial charge >= 0.3 is 0 Å². The van der Waals surface area contributed by atoms with Gasteiger partial charge in [0.05, 0.1) is 5.60 Å². The molecular formula is C14H23N2O. The minimum absolute atomic E-state index is 0.582. The Morgan fingerprint density at radius 3 is 2.47 bits per heavy atom. The lowest BCUT2D eigenvalue weighted by Gasteiger charge is -2.39. The summed E-state index contributed by atoms with van der Waals surface area (Å²) in [4.78, 5) is 4.78. The molecule has 0 spiro atoms. The maximum absolute atomic E-state index is 9.80. The van der Waals surface area contributed by atoms with Crippen molar-refractivity contribution in [2.45, 2.75) is 25.9 Å². The van der Waals surface area contributed by atoms with Crippen molar-refractivity contribution in [3.8, 4) is 0 Å². The second-order valence-corrected chi connectivity index (χ2v) is 5.54. The third-order valence-electron chi connectivity index (χ3n) is 3.21. The highest BCUT2D eigenvalue weighted by Gasteiger charge is 2.23. The van der Waals surface area contributed by atoms with Gasteiger partial charge in [-0.15, -0.1) is 0 Å². The van der Waals surface area contributed by atoms with Crippen molar-refractivity contribution in [2.24, 2.45) is 0 Å². The average molecular weight is 235 g/mol. The van der Waals surface area contributed by atoms with Crippen LogP contribution in [-0.4, -0.2) is 53.2 Å². The molecule has 3 heteroatoms. The molecule has 0 unspecified atom stereocenters. The number of β-amino-alcohol motifs (C(OH)–C–C–N with tert-alkyl or cyclic N) is 1. The summed E-state index contributed by atoms with van der Waals surface area (Å²) in [6.45, 7) is 8.73. The van der Waals surface area contributed by atoms with Gasteiger partial charge < -0.3 is 10.0 Å². The zero-order valence-electron chi connectivity index (χ0n) is 10.9. The topological polar surface area (TPSA) is 26.7 Å². The van der Waals surface area contributed by atoms with Crippen LogP contribution >= 0.6 is 0 Å². The molecule has 1 aliphatic carbocycles. The molecule has 1 fully saturated rings. The summed E-state index contributed by atoms with van der Waals surface area (Å²) in [5, 5.41) is 9.80. The third-order valence-corrected chi connectivity index (χ3v) is 3.21. The van der Waals surface area contributed by atoms with Crippen LogP contribution in [-0.2, 0) is 0 Å². The van der Waals surface area contributed by atoms with E-state index < -0.39 is 5.60 Å². The molecular weight excluding hydrogens is 212 g/mol. The number of hydrogen-bond acceptors (Lipinski definition) is 3. The number of hydrogen-bond donors (Lipinski definition) is 1. The molecule has 0 aromatic rings. The number of rotatable bonds is 3. The Hall–Kier alpha value is -0.800. The molecule has 1 N–H and O–H groups in total. The zero-order valence-corrected chi connectivity index (χ0v) is 10.9. The lowest BCUT2D eigenvalue weighted by molar-refractivity contribution is 0.0223. The summed E-state index contributed by atoms with van der Waals surface area (Å²) in [6.07, 6.45) is 9.84. The number of piperazine rings is 1. The summed E-state index contributed by atoms with van der Waals surface area (Å²) in [7, 11) is 0. The molecule has 2 aliphatic rings. The molecule has 1 saturated heterocycles. The van der Waals surface area contributed by atoms with Crippen LogP contribution < -0.4 is 0 Å². The molecule has 95 valence electrons. The van der Waals surface area contributed by atoms with E-state index in [0.29, 0.717) is 0 Å². The number of aliphatic hydroxyl groups is 1. The Morgan fingerprint density at radius 1 is 1.24 bits per heavy atom. The highest BCUT2D eigenvalue weighted by atomic mass is 16.3. The van der Waals surface area contributed by atoms with Gasteiger partial charge in [-0.05, 0) is 32.8 Å². The SMILES string of the molecule is CC(C)(O)CN1CCN(C2=CC[CH]C=C2)CC1. The molecule has 2 rings (SSSR count). The van der Waals surface area contributed by atoms with E-state index in [1.54, 1.807) is 0 Å². The second kappa shape index (κ2) is 5.23. The predicted octanol–water partition coefficient (Wildman–Crippen LogP) is 1.42. The van der Waals surface area contributed by atoms with Crippen LogP contribution in [0.25, 0.3) is 0 Å². The minimum atomic E-state index is -0.582. The van der Waals surface area contributed by atoms with Crippen LogP contribution in [0, 0.1) is 6.42 Å². The fourth-order valence-corrected chi connectivity index (χ4v) is 2.45. The van der Waals surface area contributed by atoms with E-state index in [2.05, 4.69) is 34.4 Å². The normalized spacial score (nSPS) is 22.8. The summed E-state index contributed by atoms with van der Waals surface area (Å²) in [5.74, 6) is 0. The quantitative estimate of drug-likeness (QED) is 0.801. The van der Waals surface area contributed by atoms with E-state index in [-0.39, 0.29) is 0 Å². The monoisotopic (exact) mass is 235 g/mol. The summed E-state index contributed by atoms with van der Waals surface area (Å²) < 4.78 is 0. The first-order valence-corrected chi connectivity index (χ1v) is 6.44. The molecule has 17 heavy (non-hydrogen) atoms. The van der Waals surface area contributed by atoms with Gasteiger partial charge in [-0.3, -0.25) is 4.90 Å². The number of nitrogens with zero attached hydrogens (tertiary/aromatic N) is 2. The summed E-state index contributed by atoms with van der Waals surface area (Å²) >= 11 is 0. The van der Waals surface area contributed by atoms with Crippen molar-refractivity contribution >= 4 is 0 Å². The van der Waals surface area contributed by atoms with Crippen LogP contribution in [0.3, 0.4) is 0 Å². The van der Waals surface area contributed by atoms with Crippen molar-refractivity contribution < 1.29 is 5.11 Å². The Kier molecular flexibility index (Phi) is 3.89. The highest BCUT2D eigenvalue weighted by Crippen LogP contribution is 2.17. The zero-order chi connectivity index (χ0) is 12.3. The van der Waals surface area contributed by atoms with E-state index in [0.717, 1.165) is 39.1 Å². The van der Waals surface area contributed by atoms with Crippen molar-refractivity contribution in [3.05, 3.63) is 30.3 Å². The smallest absolute Gasteiger partial charge is 0.0718 e. The van der Waals surface area contributed by atoms with Crippen LogP contribution in [0.1, 0.15) is 20.3 Å². The third kappa shape index (κ3) is 3.86. The predicted molar refractivity (Wildman–Crippen MR) is 70.5 cm³/mol. The fourth-order valence-electron chi connectivity index (χ4n) is 2.45. The van der Waals surface area contributed by atoms with Gasteiger partial charge in [-0.1, -0.05) is 12.2 Å².